The van der Waals surface area contributed by atoms with Crippen LogP contribution in [0.15, 0.2) is 9.70 Å². The zero-order valence-corrected chi connectivity index (χ0v) is 20.4. The Morgan fingerprint density at radius 3 is 2.45 bits per heavy atom. The number of pyridine rings is 1. The highest BCUT2D eigenvalue weighted by atomic mass is 32.2. The third-order valence-electron chi connectivity index (χ3n) is 5.38. The third-order valence-corrected chi connectivity index (χ3v) is 6.76. The van der Waals surface area contributed by atoms with Gasteiger partial charge in [-0.15, -0.1) is 0 Å². The van der Waals surface area contributed by atoms with Crippen LogP contribution in [0.5, 0.6) is 0 Å². The standard InChI is InChI=1S/C22H28N4O3S2/c1-12(2)9-26-21(28)18(31-22(26)30)7-16-15(5)17(8-23)20(27)24(6)19(16)25-10-13(3)29-14(4)11-25/h7,12-14H,9-11H2,1-6H3/b18-7-/t13-,14-/m0/s1. The van der Waals surface area contributed by atoms with Crippen LogP contribution in [-0.2, 0) is 16.6 Å². The van der Waals surface area contributed by atoms with Crippen molar-refractivity contribution in [3.8, 4) is 6.07 Å². The molecule has 9 heteroatoms. The number of carbonyl (C=O) groups excluding carboxylic acids is 1. The van der Waals surface area contributed by atoms with Crippen molar-refractivity contribution in [1.82, 2.24) is 9.47 Å². The summed E-state index contributed by atoms with van der Waals surface area (Å²) in [5, 5.41) is 9.61. The highest BCUT2D eigenvalue weighted by molar-refractivity contribution is 8.26. The van der Waals surface area contributed by atoms with E-state index in [1.165, 1.54) is 16.3 Å². The van der Waals surface area contributed by atoms with Crippen LogP contribution in [-0.4, -0.2) is 51.5 Å². The van der Waals surface area contributed by atoms with E-state index in [1.54, 1.807) is 24.9 Å². The fraction of sp³-hybridized carbons (Fsp3) is 0.545. The molecule has 0 spiro atoms. The average molecular weight is 461 g/mol. The third kappa shape index (κ3) is 4.56. The first-order valence-corrected chi connectivity index (χ1v) is 11.6. The minimum absolute atomic E-state index is 0.00750. The summed E-state index contributed by atoms with van der Waals surface area (Å²) in [5.41, 5.74) is 1.02. The molecule has 0 aliphatic carbocycles. The van der Waals surface area contributed by atoms with Gasteiger partial charge in [-0.1, -0.05) is 37.8 Å². The quantitative estimate of drug-likeness (QED) is 0.505. The lowest BCUT2D eigenvalue weighted by Crippen LogP contribution is -2.47. The fourth-order valence-electron chi connectivity index (χ4n) is 4.10. The number of nitriles is 1. The van der Waals surface area contributed by atoms with E-state index < -0.39 is 0 Å². The molecule has 0 saturated carbocycles. The largest absolute Gasteiger partial charge is 0.372 e. The lowest BCUT2D eigenvalue weighted by Gasteiger charge is -2.38. The number of nitrogens with zero attached hydrogens (tertiary/aromatic N) is 4. The zero-order valence-electron chi connectivity index (χ0n) is 18.8. The molecule has 2 saturated heterocycles. The Kier molecular flexibility index (Phi) is 6.94. The van der Waals surface area contributed by atoms with E-state index in [0.717, 1.165) is 0 Å². The van der Waals surface area contributed by atoms with Crippen molar-refractivity contribution in [3.63, 3.8) is 0 Å². The van der Waals surface area contributed by atoms with Crippen molar-refractivity contribution in [1.29, 1.82) is 5.26 Å². The van der Waals surface area contributed by atoms with Gasteiger partial charge < -0.3 is 9.64 Å². The Hall–Kier alpha value is -2.15. The minimum Gasteiger partial charge on any atom is -0.372 e. The number of anilines is 1. The van der Waals surface area contributed by atoms with E-state index in [4.69, 9.17) is 17.0 Å². The van der Waals surface area contributed by atoms with Crippen molar-refractivity contribution >= 4 is 46.1 Å². The number of ether oxygens (including phenoxy) is 1. The second-order valence-electron chi connectivity index (χ2n) is 8.56. The van der Waals surface area contributed by atoms with E-state index in [-0.39, 0.29) is 29.2 Å². The van der Waals surface area contributed by atoms with Crippen molar-refractivity contribution in [2.75, 3.05) is 24.5 Å². The van der Waals surface area contributed by atoms with Crippen molar-refractivity contribution in [2.24, 2.45) is 13.0 Å². The Morgan fingerprint density at radius 1 is 1.29 bits per heavy atom. The molecule has 31 heavy (non-hydrogen) atoms. The maximum Gasteiger partial charge on any atom is 0.270 e. The van der Waals surface area contributed by atoms with Crippen LogP contribution in [0.4, 0.5) is 5.82 Å². The van der Waals surface area contributed by atoms with Crippen molar-refractivity contribution in [2.45, 2.75) is 46.8 Å². The first-order valence-electron chi connectivity index (χ1n) is 10.3. The van der Waals surface area contributed by atoms with Crippen LogP contribution >= 0.6 is 24.0 Å². The first kappa shape index (κ1) is 23.5. The van der Waals surface area contributed by atoms with Crippen LogP contribution in [0.3, 0.4) is 0 Å². The minimum atomic E-state index is -0.341. The van der Waals surface area contributed by atoms with Gasteiger partial charge in [0.05, 0.1) is 17.1 Å². The number of amides is 1. The van der Waals surface area contributed by atoms with Crippen LogP contribution < -0.4 is 10.5 Å². The number of rotatable bonds is 4. The molecule has 0 bridgehead atoms. The van der Waals surface area contributed by atoms with Crippen LogP contribution in [0.2, 0.25) is 0 Å². The zero-order chi connectivity index (χ0) is 23.0. The smallest absolute Gasteiger partial charge is 0.270 e. The molecular formula is C22H28N4O3S2. The van der Waals surface area contributed by atoms with E-state index in [2.05, 4.69) is 4.90 Å². The van der Waals surface area contributed by atoms with Gasteiger partial charge in [0.25, 0.3) is 11.5 Å². The van der Waals surface area contributed by atoms with Crippen molar-refractivity contribution < 1.29 is 9.53 Å². The molecule has 3 rings (SSSR count). The summed E-state index contributed by atoms with van der Waals surface area (Å²) in [6.07, 6.45) is 1.77. The van der Waals surface area contributed by atoms with Gasteiger partial charge in [-0.3, -0.25) is 19.1 Å². The van der Waals surface area contributed by atoms with Crippen LogP contribution in [0.1, 0.15) is 44.4 Å². The fourth-order valence-corrected chi connectivity index (χ4v) is 5.36. The molecule has 2 aliphatic rings. The highest BCUT2D eigenvalue weighted by Gasteiger charge is 2.34. The molecule has 1 aromatic heterocycles. The molecule has 1 aromatic rings. The number of thioether (sulfide) groups is 1. The average Bonchev–Trinajstić information content (AvgIpc) is 2.93. The van der Waals surface area contributed by atoms with Crippen LogP contribution in [0.25, 0.3) is 6.08 Å². The lowest BCUT2D eigenvalue weighted by molar-refractivity contribution is -0.122. The number of morpholine rings is 1. The summed E-state index contributed by atoms with van der Waals surface area (Å²) < 4.78 is 7.90. The number of aromatic nitrogens is 1. The van der Waals surface area contributed by atoms with Gasteiger partial charge in [-0.05, 0) is 38.3 Å². The molecule has 2 fully saturated rings. The Balaban J connectivity index is 2.18. The topological polar surface area (TPSA) is 78.6 Å². The summed E-state index contributed by atoms with van der Waals surface area (Å²) in [6.45, 7) is 11.6. The van der Waals surface area contributed by atoms with Gasteiger partial charge >= 0.3 is 0 Å². The molecule has 2 aliphatic heterocycles. The van der Waals surface area contributed by atoms with E-state index >= 15 is 0 Å². The molecule has 7 nitrogen and oxygen atoms in total. The first-order chi connectivity index (χ1) is 14.5. The predicted octanol–water partition coefficient (Wildman–Crippen LogP) is 3.04. The molecule has 0 radical (unpaired) electrons. The molecule has 0 N–H and O–H groups in total. The summed E-state index contributed by atoms with van der Waals surface area (Å²) in [6, 6.07) is 2.04. The number of hydrogen-bond acceptors (Lipinski definition) is 7. The Morgan fingerprint density at radius 2 is 1.90 bits per heavy atom. The summed E-state index contributed by atoms with van der Waals surface area (Å²) in [4.78, 5) is 30.2. The van der Waals surface area contributed by atoms with Gasteiger partial charge in [0.1, 0.15) is 21.8 Å². The summed E-state index contributed by atoms with van der Waals surface area (Å²) >= 11 is 6.70. The summed E-state index contributed by atoms with van der Waals surface area (Å²) in [5.74, 6) is 0.848. The lowest BCUT2D eigenvalue weighted by atomic mass is 10.0. The molecule has 2 atom stereocenters. The predicted molar refractivity (Wildman–Crippen MR) is 128 cm³/mol. The SMILES string of the molecule is Cc1c(/C=C2\SC(=S)N(CC(C)C)C2=O)c(N2C[C@H](C)O[C@@H](C)C2)n(C)c(=O)c1C#N. The maximum absolute atomic E-state index is 13.0. The molecule has 0 unspecified atom stereocenters. The molecule has 1 amide bonds. The highest BCUT2D eigenvalue weighted by Crippen LogP contribution is 2.36. The number of thiocarbonyl (C=S) groups is 1. The van der Waals surface area contributed by atoms with E-state index in [0.29, 0.717) is 51.7 Å². The van der Waals surface area contributed by atoms with Crippen molar-refractivity contribution in [3.05, 3.63) is 31.9 Å². The number of hydrogen-bond donors (Lipinski definition) is 0. The van der Waals surface area contributed by atoms with Gasteiger partial charge in [0.15, 0.2) is 0 Å². The van der Waals surface area contributed by atoms with Gasteiger partial charge in [0.2, 0.25) is 0 Å². The van der Waals surface area contributed by atoms with Gasteiger partial charge in [-0.25, -0.2) is 0 Å². The Bertz CT molecular complexity index is 1040. The normalized spacial score (nSPS) is 23.2. The Labute approximate surface area is 192 Å². The van der Waals surface area contributed by atoms with E-state index in [1.807, 2.05) is 33.8 Å². The molecular weight excluding hydrogens is 432 g/mol. The number of carbonyl (C=O) groups is 1. The molecule has 3 heterocycles. The van der Waals surface area contributed by atoms with Crippen LogP contribution in [0, 0.1) is 24.2 Å². The maximum atomic E-state index is 13.0. The monoisotopic (exact) mass is 460 g/mol. The summed E-state index contributed by atoms with van der Waals surface area (Å²) in [7, 11) is 1.67. The van der Waals surface area contributed by atoms with Gasteiger partial charge in [0, 0.05) is 32.2 Å². The second kappa shape index (κ2) is 9.15. The molecule has 0 aromatic carbocycles. The molecule has 166 valence electrons. The van der Waals surface area contributed by atoms with E-state index in [9.17, 15) is 14.9 Å². The van der Waals surface area contributed by atoms with Gasteiger partial charge in [-0.2, -0.15) is 5.26 Å². The second-order valence-corrected chi connectivity index (χ2v) is 10.2.